The zero-order valence-electron chi connectivity index (χ0n) is 25.9. The monoisotopic (exact) mass is 528 g/mol. The number of hydrogen-bond acceptors (Lipinski definition) is 3. The zero-order valence-corrected chi connectivity index (χ0v) is 25.9. The summed E-state index contributed by atoms with van der Waals surface area (Å²) in [4.78, 5) is 12.5. The van der Waals surface area contributed by atoms with Crippen molar-refractivity contribution in [2.75, 3.05) is 6.61 Å². The molecule has 0 aromatic rings. The number of allylic oxidation sites excluding steroid dienone is 1. The van der Waals surface area contributed by atoms with Crippen molar-refractivity contribution in [1.82, 2.24) is 0 Å². The summed E-state index contributed by atoms with van der Waals surface area (Å²) in [5, 5.41) is 0. The molecule has 0 N–H and O–H groups in total. The van der Waals surface area contributed by atoms with Gasteiger partial charge in [-0.3, -0.25) is 0 Å². The molecule has 3 heteroatoms. The van der Waals surface area contributed by atoms with Crippen LogP contribution in [0.3, 0.4) is 0 Å². The normalized spacial score (nSPS) is 37.1. The van der Waals surface area contributed by atoms with Gasteiger partial charge in [-0.15, -0.1) is 0 Å². The Labute approximate surface area is 235 Å². The van der Waals surface area contributed by atoms with E-state index in [1.54, 1.807) is 5.57 Å². The topological polar surface area (TPSA) is 35.5 Å². The van der Waals surface area contributed by atoms with E-state index in [9.17, 15) is 4.79 Å². The summed E-state index contributed by atoms with van der Waals surface area (Å²) >= 11 is 0. The molecule has 0 aromatic carbocycles. The number of fused-ring (bicyclic) bond motifs is 5. The van der Waals surface area contributed by atoms with Crippen molar-refractivity contribution in [3.63, 3.8) is 0 Å². The average molecular weight is 529 g/mol. The molecule has 0 spiro atoms. The van der Waals surface area contributed by atoms with Crippen LogP contribution in [0.2, 0.25) is 0 Å². The molecule has 3 nitrogen and oxygen atoms in total. The molecule has 0 bridgehead atoms. The fourth-order valence-corrected chi connectivity index (χ4v) is 9.51. The van der Waals surface area contributed by atoms with Gasteiger partial charge in [-0.1, -0.05) is 91.7 Å². The molecule has 8 atom stereocenters. The SMILES string of the molecule is CCCC[C@@H](CC)COC(=O)O[C@H]1CC[C@@]2(C)C(=CC[C@@H]3[C@H]4CC[C@@H](CCCCC(C)C)[C@]4(C)CC[C@H]32)C1. The predicted molar refractivity (Wildman–Crippen MR) is 158 cm³/mol. The standard InChI is InChI=1S/C35H60O3/c1-7-9-13-26(8-2)24-37-33(36)38-29-19-21-35(6)28(23-29)15-17-30-31-18-16-27(14-11-10-12-25(3)4)34(31,5)22-20-32(30)35/h15,25-27,29-32H,7-14,16-24H2,1-6H3/t26-,27-,29+,30-,31-,32-,34+,35+/m1/s1. The molecule has 0 saturated heterocycles. The average Bonchev–Trinajstić information content (AvgIpc) is 3.23. The van der Waals surface area contributed by atoms with E-state index in [-0.39, 0.29) is 6.10 Å². The van der Waals surface area contributed by atoms with E-state index in [2.05, 4.69) is 47.6 Å². The summed E-state index contributed by atoms with van der Waals surface area (Å²) in [6, 6.07) is 0. The highest BCUT2D eigenvalue weighted by Gasteiger charge is 2.58. The van der Waals surface area contributed by atoms with E-state index in [4.69, 9.17) is 9.47 Å². The Balaban J connectivity index is 1.31. The predicted octanol–water partition coefficient (Wildman–Crippen LogP) is 10.5. The molecule has 0 unspecified atom stereocenters. The first-order valence-electron chi connectivity index (χ1n) is 16.7. The Hall–Kier alpha value is -0.990. The Morgan fingerprint density at radius 2 is 1.82 bits per heavy atom. The molecule has 0 heterocycles. The lowest BCUT2D eigenvalue weighted by molar-refractivity contribution is -0.0570. The molecule has 3 saturated carbocycles. The summed E-state index contributed by atoms with van der Waals surface area (Å²) in [5.74, 6) is 4.84. The molecule has 4 aliphatic rings. The molecule has 218 valence electrons. The van der Waals surface area contributed by atoms with Crippen LogP contribution in [0.5, 0.6) is 0 Å². The first kappa shape index (κ1) is 30.0. The van der Waals surface area contributed by atoms with Gasteiger partial charge < -0.3 is 9.47 Å². The maximum Gasteiger partial charge on any atom is 0.508 e. The third-order valence-electron chi connectivity index (χ3n) is 12.1. The van der Waals surface area contributed by atoms with Crippen molar-refractivity contribution in [3.8, 4) is 0 Å². The van der Waals surface area contributed by atoms with Crippen molar-refractivity contribution in [3.05, 3.63) is 11.6 Å². The van der Waals surface area contributed by atoms with Crippen LogP contribution in [0.1, 0.15) is 144 Å². The summed E-state index contributed by atoms with van der Waals surface area (Å²) in [7, 11) is 0. The van der Waals surface area contributed by atoms with E-state index in [1.165, 1.54) is 70.6 Å². The van der Waals surface area contributed by atoms with Gasteiger partial charge in [-0.25, -0.2) is 4.79 Å². The summed E-state index contributed by atoms with van der Waals surface area (Å²) < 4.78 is 11.5. The quantitative estimate of drug-likeness (QED) is 0.143. The van der Waals surface area contributed by atoms with Crippen molar-refractivity contribution in [2.45, 2.75) is 150 Å². The maximum absolute atomic E-state index is 12.5. The molecule has 3 fully saturated rings. The van der Waals surface area contributed by atoms with E-state index in [0.717, 1.165) is 61.7 Å². The highest BCUT2D eigenvalue weighted by molar-refractivity contribution is 5.60. The highest BCUT2D eigenvalue weighted by atomic mass is 16.7. The van der Waals surface area contributed by atoms with Crippen molar-refractivity contribution >= 4 is 6.16 Å². The third kappa shape index (κ3) is 6.49. The lowest BCUT2D eigenvalue weighted by atomic mass is 9.47. The van der Waals surface area contributed by atoms with Crippen LogP contribution in [0.25, 0.3) is 0 Å². The van der Waals surface area contributed by atoms with E-state index >= 15 is 0 Å². The highest BCUT2D eigenvalue weighted by Crippen LogP contribution is 2.66. The summed E-state index contributed by atoms with van der Waals surface area (Å²) in [6.07, 6.45) is 22.5. The molecular formula is C35H60O3. The van der Waals surface area contributed by atoms with Crippen LogP contribution < -0.4 is 0 Å². The smallest absolute Gasteiger partial charge is 0.434 e. The Morgan fingerprint density at radius 1 is 1.00 bits per heavy atom. The zero-order chi connectivity index (χ0) is 27.3. The van der Waals surface area contributed by atoms with Crippen LogP contribution in [-0.4, -0.2) is 18.9 Å². The molecule has 4 aliphatic carbocycles. The van der Waals surface area contributed by atoms with Gasteiger partial charge in [0.1, 0.15) is 6.10 Å². The second-order valence-corrected chi connectivity index (χ2v) is 14.7. The number of hydrogen-bond donors (Lipinski definition) is 0. The van der Waals surface area contributed by atoms with Crippen molar-refractivity contribution in [2.24, 2.45) is 46.3 Å². The van der Waals surface area contributed by atoms with Crippen molar-refractivity contribution < 1.29 is 14.3 Å². The van der Waals surface area contributed by atoms with Crippen LogP contribution in [0, 0.1) is 46.3 Å². The van der Waals surface area contributed by atoms with E-state index in [1.807, 2.05) is 0 Å². The minimum absolute atomic E-state index is 0.00958. The lowest BCUT2D eigenvalue weighted by Crippen LogP contribution is -2.50. The molecule has 0 aromatic heterocycles. The van der Waals surface area contributed by atoms with Gasteiger partial charge in [0.2, 0.25) is 0 Å². The van der Waals surface area contributed by atoms with Gasteiger partial charge in [-0.2, -0.15) is 0 Å². The fraction of sp³-hybridized carbons (Fsp3) is 0.914. The summed E-state index contributed by atoms with van der Waals surface area (Å²) in [6.45, 7) is 14.9. The Morgan fingerprint density at radius 3 is 2.55 bits per heavy atom. The minimum atomic E-state index is -0.443. The van der Waals surface area contributed by atoms with Gasteiger partial charge in [0.05, 0.1) is 6.61 Å². The maximum atomic E-state index is 12.5. The molecule has 38 heavy (non-hydrogen) atoms. The van der Waals surface area contributed by atoms with Gasteiger partial charge in [0, 0.05) is 6.42 Å². The molecule has 0 aliphatic heterocycles. The minimum Gasteiger partial charge on any atom is -0.434 e. The van der Waals surface area contributed by atoms with Gasteiger partial charge in [0.25, 0.3) is 0 Å². The number of unbranched alkanes of at least 4 members (excludes halogenated alkanes) is 2. The summed E-state index contributed by atoms with van der Waals surface area (Å²) in [5.41, 5.74) is 2.46. The van der Waals surface area contributed by atoms with Crippen LogP contribution in [-0.2, 0) is 9.47 Å². The first-order chi connectivity index (χ1) is 18.2. The Kier molecular flexibility index (Phi) is 10.3. The van der Waals surface area contributed by atoms with Gasteiger partial charge in [0.15, 0.2) is 0 Å². The van der Waals surface area contributed by atoms with Gasteiger partial charge in [-0.05, 0) is 104 Å². The van der Waals surface area contributed by atoms with E-state index < -0.39 is 6.16 Å². The number of rotatable bonds is 12. The van der Waals surface area contributed by atoms with Crippen LogP contribution in [0.15, 0.2) is 11.6 Å². The number of ether oxygens (including phenoxy) is 2. The Bertz CT molecular complexity index is 801. The fourth-order valence-electron chi connectivity index (χ4n) is 9.51. The molecule has 4 rings (SSSR count). The van der Waals surface area contributed by atoms with Crippen molar-refractivity contribution in [1.29, 1.82) is 0 Å². The van der Waals surface area contributed by atoms with E-state index in [0.29, 0.717) is 23.4 Å². The molecule has 0 radical (unpaired) electrons. The number of carbonyl (C=O) groups excluding carboxylic acids is 1. The largest absolute Gasteiger partial charge is 0.508 e. The van der Waals surface area contributed by atoms with Gasteiger partial charge >= 0.3 is 6.16 Å². The molecular weight excluding hydrogens is 468 g/mol. The second kappa shape index (κ2) is 13.1. The second-order valence-electron chi connectivity index (χ2n) is 14.7. The first-order valence-corrected chi connectivity index (χ1v) is 16.7. The number of carbonyl (C=O) groups is 1. The lowest BCUT2D eigenvalue weighted by Gasteiger charge is -2.58. The molecule has 0 amide bonds. The van der Waals surface area contributed by atoms with Crippen LogP contribution in [0.4, 0.5) is 4.79 Å². The van der Waals surface area contributed by atoms with Crippen LogP contribution >= 0.6 is 0 Å². The third-order valence-corrected chi connectivity index (χ3v) is 12.1.